The van der Waals surface area contributed by atoms with Crippen LogP contribution in [0.1, 0.15) is 89.9 Å². The van der Waals surface area contributed by atoms with Crippen molar-refractivity contribution in [2.45, 2.75) is 102 Å². The van der Waals surface area contributed by atoms with E-state index in [1.54, 1.807) is 22.3 Å². The molecule has 0 fully saturated rings. The molecule has 4 aliphatic carbocycles. The highest BCUT2D eigenvalue weighted by Gasteiger charge is 2.22. The first-order valence-corrected chi connectivity index (χ1v) is 10.9. The Morgan fingerprint density at radius 2 is 1.32 bits per heavy atom. The van der Waals surface area contributed by atoms with Crippen LogP contribution in [0.5, 0.6) is 0 Å². The maximum absolute atomic E-state index is 3.98. The van der Waals surface area contributed by atoms with Crippen LogP contribution in [-0.4, -0.2) is 12.1 Å². The lowest BCUT2D eigenvalue weighted by molar-refractivity contribution is 0.406. The van der Waals surface area contributed by atoms with Crippen molar-refractivity contribution >= 4 is 0 Å². The largest absolute Gasteiger partial charge is 0.307 e. The van der Waals surface area contributed by atoms with Crippen molar-refractivity contribution in [3.05, 3.63) is 46.6 Å². The monoisotopic (exact) mass is 337 g/mol. The van der Waals surface area contributed by atoms with Gasteiger partial charge in [-0.2, -0.15) is 0 Å². The normalized spacial score (nSPS) is 30.9. The summed E-state index contributed by atoms with van der Waals surface area (Å²) in [5.74, 6) is 0. The molecule has 0 bridgehead atoms. The number of rotatable bonds is 4. The van der Waals surface area contributed by atoms with Crippen molar-refractivity contribution in [3.8, 4) is 0 Å². The van der Waals surface area contributed by atoms with Gasteiger partial charge >= 0.3 is 0 Å². The third-order valence-corrected chi connectivity index (χ3v) is 6.63. The van der Waals surface area contributed by atoms with Crippen molar-refractivity contribution in [1.29, 1.82) is 0 Å². The molecule has 0 amide bonds. The van der Waals surface area contributed by atoms with Gasteiger partial charge in [-0.05, 0) is 112 Å². The van der Waals surface area contributed by atoms with Crippen LogP contribution < -0.4 is 5.32 Å². The first-order valence-electron chi connectivity index (χ1n) is 10.9. The van der Waals surface area contributed by atoms with Crippen molar-refractivity contribution in [2.75, 3.05) is 0 Å². The number of nitrogens with one attached hydrogen (secondary N) is 1. The Hall–Kier alpha value is -1.08. The van der Waals surface area contributed by atoms with Gasteiger partial charge in [0.2, 0.25) is 0 Å². The highest BCUT2D eigenvalue weighted by Crippen LogP contribution is 2.33. The van der Waals surface area contributed by atoms with Crippen molar-refractivity contribution in [3.63, 3.8) is 0 Å². The number of allylic oxidation sites excluding steroid dienone is 6. The van der Waals surface area contributed by atoms with Gasteiger partial charge in [0.15, 0.2) is 0 Å². The van der Waals surface area contributed by atoms with Crippen LogP contribution in [0.2, 0.25) is 0 Å². The minimum absolute atomic E-state index is 0.612. The summed E-state index contributed by atoms with van der Waals surface area (Å²) >= 11 is 0. The van der Waals surface area contributed by atoms with Crippen LogP contribution in [0.15, 0.2) is 46.6 Å². The lowest BCUT2D eigenvalue weighted by Crippen LogP contribution is -2.39. The summed E-state index contributed by atoms with van der Waals surface area (Å²) in [4.78, 5) is 0. The molecule has 1 heteroatoms. The highest BCUT2D eigenvalue weighted by atomic mass is 14.9. The Kier molecular flexibility index (Phi) is 5.92. The second-order valence-electron chi connectivity index (χ2n) is 8.51. The fraction of sp³-hybridized carbons (Fsp3) is 0.667. The minimum Gasteiger partial charge on any atom is -0.307 e. The fourth-order valence-electron chi connectivity index (χ4n) is 5.16. The maximum atomic E-state index is 3.98. The second-order valence-corrected chi connectivity index (χ2v) is 8.51. The lowest BCUT2D eigenvalue weighted by atomic mass is 9.84. The quantitative estimate of drug-likeness (QED) is 0.614. The molecule has 4 rings (SSSR count). The predicted octanol–water partition coefficient (Wildman–Crippen LogP) is 6.53. The van der Waals surface area contributed by atoms with E-state index in [4.69, 9.17) is 0 Å². The zero-order valence-electron chi connectivity index (χ0n) is 15.9. The van der Waals surface area contributed by atoms with Crippen LogP contribution in [0, 0.1) is 0 Å². The van der Waals surface area contributed by atoms with E-state index in [0.717, 1.165) is 0 Å². The summed E-state index contributed by atoms with van der Waals surface area (Å²) in [6.45, 7) is 0. The zero-order chi connectivity index (χ0) is 16.9. The summed E-state index contributed by atoms with van der Waals surface area (Å²) in [6, 6.07) is 1.30. The molecule has 1 N–H and O–H groups in total. The number of hydrogen-bond acceptors (Lipinski definition) is 1. The van der Waals surface area contributed by atoms with E-state index in [1.807, 2.05) is 0 Å². The Balaban J connectivity index is 1.34. The standard InChI is InChI=1S/C24H35N/c1-3-8-19(9-4-1)21-14-16-23(17-15-21)25-24-13-7-12-22(18-24)20-10-5-2-6-11-20/h8,10,14,18,23-25H,1-7,9,11-13,15-17H2. The van der Waals surface area contributed by atoms with Crippen LogP contribution in [-0.2, 0) is 0 Å². The van der Waals surface area contributed by atoms with Gasteiger partial charge in [0.1, 0.15) is 0 Å². The van der Waals surface area contributed by atoms with Gasteiger partial charge in [0.25, 0.3) is 0 Å². The Morgan fingerprint density at radius 1 is 0.640 bits per heavy atom. The van der Waals surface area contributed by atoms with Crippen LogP contribution >= 0.6 is 0 Å². The van der Waals surface area contributed by atoms with E-state index in [2.05, 4.69) is 29.6 Å². The van der Waals surface area contributed by atoms with E-state index in [-0.39, 0.29) is 0 Å². The van der Waals surface area contributed by atoms with Gasteiger partial charge in [-0.1, -0.05) is 24.3 Å². The first kappa shape index (κ1) is 17.3. The summed E-state index contributed by atoms with van der Waals surface area (Å²) in [7, 11) is 0. The molecule has 0 spiro atoms. The first-order chi connectivity index (χ1) is 12.4. The molecule has 0 aromatic rings. The second kappa shape index (κ2) is 8.54. The van der Waals surface area contributed by atoms with Gasteiger partial charge in [0, 0.05) is 12.1 Å². The van der Waals surface area contributed by atoms with Gasteiger partial charge < -0.3 is 5.32 Å². The van der Waals surface area contributed by atoms with Crippen molar-refractivity contribution < 1.29 is 0 Å². The molecule has 2 atom stereocenters. The summed E-state index contributed by atoms with van der Waals surface area (Å²) < 4.78 is 0. The van der Waals surface area contributed by atoms with E-state index < -0.39 is 0 Å². The fourth-order valence-corrected chi connectivity index (χ4v) is 5.16. The molecule has 2 unspecified atom stereocenters. The average molecular weight is 338 g/mol. The molecule has 0 radical (unpaired) electrons. The van der Waals surface area contributed by atoms with Crippen LogP contribution in [0.4, 0.5) is 0 Å². The molecule has 25 heavy (non-hydrogen) atoms. The summed E-state index contributed by atoms with van der Waals surface area (Å²) in [5, 5.41) is 3.98. The topological polar surface area (TPSA) is 12.0 Å². The summed E-state index contributed by atoms with van der Waals surface area (Å²) in [5.41, 5.74) is 6.69. The molecule has 0 aromatic heterocycles. The SMILES string of the molecule is C1=C(C2=CC(NC3CC=C(C4=CCCCC4)CC3)CCC2)CCCC1. The molecule has 0 saturated heterocycles. The zero-order valence-corrected chi connectivity index (χ0v) is 15.9. The van der Waals surface area contributed by atoms with Gasteiger partial charge in [-0.25, -0.2) is 0 Å². The molecule has 0 aromatic carbocycles. The molecular weight excluding hydrogens is 302 g/mol. The van der Waals surface area contributed by atoms with Crippen LogP contribution in [0.3, 0.4) is 0 Å². The van der Waals surface area contributed by atoms with E-state index in [1.165, 1.54) is 89.9 Å². The maximum Gasteiger partial charge on any atom is 0.0258 e. The Labute approximate surface area is 154 Å². The average Bonchev–Trinajstić information content (AvgIpc) is 2.70. The Bertz CT molecular complexity index is 589. The number of hydrogen-bond donors (Lipinski definition) is 1. The van der Waals surface area contributed by atoms with E-state index in [9.17, 15) is 0 Å². The smallest absolute Gasteiger partial charge is 0.0258 e. The molecule has 4 aliphatic rings. The van der Waals surface area contributed by atoms with Crippen molar-refractivity contribution in [2.24, 2.45) is 0 Å². The molecule has 0 heterocycles. The third-order valence-electron chi connectivity index (χ3n) is 6.63. The molecular formula is C24H35N. The Morgan fingerprint density at radius 3 is 1.96 bits per heavy atom. The molecule has 136 valence electrons. The highest BCUT2D eigenvalue weighted by molar-refractivity contribution is 5.35. The van der Waals surface area contributed by atoms with Crippen LogP contribution in [0.25, 0.3) is 0 Å². The summed E-state index contributed by atoms with van der Waals surface area (Å²) in [6.07, 6.45) is 28.9. The molecule has 0 aliphatic heterocycles. The van der Waals surface area contributed by atoms with E-state index >= 15 is 0 Å². The van der Waals surface area contributed by atoms with E-state index in [0.29, 0.717) is 12.1 Å². The third kappa shape index (κ3) is 4.56. The van der Waals surface area contributed by atoms with Gasteiger partial charge in [-0.15, -0.1) is 0 Å². The van der Waals surface area contributed by atoms with Crippen molar-refractivity contribution in [1.82, 2.24) is 5.32 Å². The van der Waals surface area contributed by atoms with Gasteiger partial charge in [-0.3, -0.25) is 0 Å². The lowest BCUT2D eigenvalue weighted by Gasteiger charge is -2.31. The minimum atomic E-state index is 0.612. The molecule has 1 nitrogen and oxygen atoms in total. The molecule has 0 saturated carbocycles. The van der Waals surface area contributed by atoms with Gasteiger partial charge in [0.05, 0.1) is 0 Å². The predicted molar refractivity (Wildman–Crippen MR) is 108 cm³/mol.